The number of nitrogens with one attached hydrogen (secondary N) is 1. The molecule has 1 aromatic rings. The molecular formula is C17H28ClNO2. The molecule has 1 aliphatic carbocycles. The summed E-state index contributed by atoms with van der Waals surface area (Å²) in [7, 11) is 0. The van der Waals surface area contributed by atoms with Crippen molar-refractivity contribution in [2.45, 2.75) is 65.1 Å². The lowest BCUT2D eigenvalue weighted by molar-refractivity contribution is 0.0755. The van der Waals surface area contributed by atoms with Crippen molar-refractivity contribution in [3.8, 4) is 5.75 Å². The number of ether oxygens (including phenoxy) is 1. The zero-order valence-corrected chi connectivity index (χ0v) is 14.3. The third kappa shape index (κ3) is 4.60. The van der Waals surface area contributed by atoms with E-state index in [1.807, 2.05) is 13.0 Å². The Bertz CT molecular complexity index is 462. The summed E-state index contributed by atoms with van der Waals surface area (Å²) in [6, 6.07) is 4.57. The smallest absolute Gasteiger partial charge is 0.122 e. The van der Waals surface area contributed by atoms with E-state index in [-0.39, 0.29) is 18.4 Å². The van der Waals surface area contributed by atoms with Crippen LogP contribution in [0.1, 0.15) is 43.9 Å². The number of aliphatic hydroxyl groups excluding tert-OH is 1. The van der Waals surface area contributed by atoms with Gasteiger partial charge in [-0.2, -0.15) is 0 Å². The van der Waals surface area contributed by atoms with Crippen molar-refractivity contribution in [2.24, 2.45) is 0 Å². The Labute approximate surface area is 134 Å². The standard InChI is InChI=1S/C17H27NO2.ClH/c1-11(2)18-13(4)16(19)10-20-17-9-8-12(3)14-6-5-7-15(14)17;/h8-9,11,13,16,18-19H,5-7,10H2,1-4H3;1H/t13-,16+;/m1./s1. The van der Waals surface area contributed by atoms with E-state index in [1.165, 1.54) is 23.1 Å². The summed E-state index contributed by atoms with van der Waals surface area (Å²) in [5, 5.41) is 13.5. The molecule has 0 unspecified atom stereocenters. The van der Waals surface area contributed by atoms with Crippen LogP contribution in [0.25, 0.3) is 0 Å². The van der Waals surface area contributed by atoms with Gasteiger partial charge >= 0.3 is 0 Å². The number of aliphatic hydroxyl groups is 1. The molecule has 0 spiro atoms. The minimum Gasteiger partial charge on any atom is -0.491 e. The monoisotopic (exact) mass is 313 g/mol. The van der Waals surface area contributed by atoms with E-state index in [9.17, 15) is 5.11 Å². The summed E-state index contributed by atoms with van der Waals surface area (Å²) >= 11 is 0. The molecule has 1 aromatic carbocycles. The molecule has 0 amide bonds. The molecule has 0 bridgehead atoms. The minimum absolute atomic E-state index is 0. The summed E-state index contributed by atoms with van der Waals surface area (Å²) in [5.74, 6) is 0.957. The Morgan fingerprint density at radius 2 is 1.86 bits per heavy atom. The molecule has 120 valence electrons. The largest absolute Gasteiger partial charge is 0.491 e. The second-order valence-corrected chi connectivity index (χ2v) is 6.18. The predicted octanol–water partition coefficient (Wildman–Crippen LogP) is 3.03. The summed E-state index contributed by atoms with van der Waals surface area (Å²) < 4.78 is 5.88. The average Bonchev–Trinajstić information content (AvgIpc) is 2.87. The lowest BCUT2D eigenvalue weighted by Crippen LogP contribution is -2.43. The maximum absolute atomic E-state index is 10.1. The van der Waals surface area contributed by atoms with Gasteiger partial charge in [0, 0.05) is 12.1 Å². The van der Waals surface area contributed by atoms with Crippen LogP contribution in [0.5, 0.6) is 5.75 Å². The van der Waals surface area contributed by atoms with Gasteiger partial charge in [-0.05, 0) is 55.9 Å². The fraction of sp³-hybridized carbons (Fsp3) is 0.647. The van der Waals surface area contributed by atoms with Crippen molar-refractivity contribution >= 4 is 12.4 Å². The van der Waals surface area contributed by atoms with Crippen molar-refractivity contribution in [1.29, 1.82) is 0 Å². The summed E-state index contributed by atoms with van der Waals surface area (Å²) in [4.78, 5) is 0. The number of benzene rings is 1. The molecule has 0 aromatic heterocycles. The molecule has 0 saturated carbocycles. The Kier molecular flexibility index (Phi) is 6.98. The normalized spacial score (nSPS) is 16.3. The van der Waals surface area contributed by atoms with Crippen molar-refractivity contribution in [3.63, 3.8) is 0 Å². The zero-order valence-electron chi connectivity index (χ0n) is 13.5. The Morgan fingerprint density at radius 1 is 1.19 bits per heavy atom. The van der Waals surface area contributed by atoms with Gasteiger partial charge in [-0.25, -0.2) is 0 Å². The van der Waals surface area contributed by atoms with Crippen molar-refractivity contribution in [3.05, 3.63) is 28.8 Å². The first-order chi connectivity index (χ1) is 9.49. The number of aryl methyl sites for hydroxylation is 1. The lowest BCUT2D eigenvalue weighted by Gasteiger charge is -2.23. The minimum atomic E-state index is -0.490. The maximum Gasteiger partial charge on any atom is 0.122 e. The van der Waals surface area contributed by atoms with E-state index >= 15 is 0 Å². The maximum atomic E-state index is 10.1. The number of hydrogen-bond acceptors (Lipinski definition) is 3. The average molecular weight is 314 g/mol. The molecule has 0 saturated heterocycles. The Morgan fingerprint density at radius 3 is 2.52 bits per heavy atom. The fourth-order valence-corrected chi connectivity index (χ4v) is 2.94. The van der Waals surface area contributed by atoms with Crippen LogP contribution in [-0.4, -0.2) is 29.9 Å². The number of fused-ring (bicyclic) bond motifs is 1. The predicted molar refractivity (Wildman–Crippen MR) is 89.7 cm³/mol. The van der Waals surface area contributed by atoms with E-state index < -0.39 is 6.10 Å². The molecule has 0 aliphatic heterocycles. The van der Waals surface area contributed by atoms with Gasteiger partial charge in [0.1, 0.15) is 18.5 Å². The van der Waals surface area contributed by atoms with E-state index in [0.717, 1.165) is 18.6 Å². The van der Waals surface area contributed by atoms with Crippen molar-refractivity contribution in [1.82, 2.24) is 5.32 Å². The van der Waals surface area contributed by atoms with Gasteiger partial charge in [-0.15, -0.1) is 12.4 Å². The molecule has 4 heteroatoms. The molecule has 0 heterocycles. The van der Waals surface area contributed by atoms with Crippen LogP contribution in [0.4, 0.5) is 0 Å². The first-order valence-electron chi connectivity index (χ1n) is 7.67. The van der Waals surface area contributed by atoms with Gasteiger partial charge in [0.05, 0.1) is 0 Å². The summed E-state index contributed by atoms with van der Waals surface area (Å²) in [5.41, 5.74) is 4.16. The highest BCUT2D eigenvalue weighted by Crippen LogP contribution is 2.33. The molecule has 3 nitrogen and oxygen atoms in total. The molecule has 21 heavy (non-hydrogen) atoms. The fourth-order valence-electron chi connectivity index (χ4n) is 2.94. The highest BCUT2D eigenvalue weighted by atomic mass is 35.5. The molecule has 2 N–H and O–H groups in total. The van der Waals surface area contributed by atoms with Gasteiger partial charge in [0.15, 0.2) is 0 Å². The summed E-state index contributed by atoms with van der Waals surface area (Å²) in [6.07, 6.45) is 2.98. The second kappa shape index (κ2) is 8.02. The number of rotatable bonds is 6. The van der Waals surface area contributed by atoms with Crippen LogP contribution in [0, 0.1) is 6.92 Å². The Hall–Kier alpha value is -0.770. The zero-order chi connectivity index (χ0) is 14.7. The number of hydrogen-bond donors (Lipinski definition) is 2. The van der Waals surface area contributed by atoms with E-state index in [4.69, 9.17) is 4.74 Å². The van der Waals surface area contributed by atoms with Gasteiger partial charge in [-0.1, -0.05) is 19.9 Å². The van der Waals surface area contributed by atoms with Crippen LogP contribution in [0.2, 0.25) is 0 Å². The van der Waals surface area contributed by atoms with E-state index in [0.29, 0.717) is 12.6 Å². The molecule has 2 rings (SSSR count). The van der Waals surface area contributed by atoms with Gasteiger partial charge in [0.2, 0.25) is 0 Å². The first-order valence-corrected chi connectivity index (χ1v) is 7.67. The molecule has 0 radical (unpaired) electrons. The molecule has 0 fully saturated rings. The van der Waals surface area contributed by atoms with Gasteiger partial charge < -0.3 is 15.2 Å². The summed E-state index contributed by atoms with van der Waals surface area (Å²) in [6.45, 7) is 8.66. The van der Waals surface area contributed by atoms with Gasteiger partial charge in [0.25, 0.3) is 0 Å². The van der Waals surface area contributed by atoms with Crippen molar-refractivity contribution < 1.29 is 9.84 Å². The van der Waals surface area contributed by atoms with E-state index in [2.05, 4.69) is 32.2 Å². The van der Waals surface area contributed by atoms with Crippen LogP contribution >= 0.6 is 12.4 Å². The van der Waals surface area contributed by atoms with Crippen LogP contribution in [0.3, 0.4) is 0 Å². The van der Waals surface area contributed by atoms with Crippen LogP contribution < -0.4 is 10.1 Å². The van der Waals surface area contributed by atoms with E-state index in [1.54, 1.807) is 0 Å². The highest BCUT2D eigenvalue weighted by Gasteiger charge is 2.20. The quantitative estimate of drug-likeness (QED) is 0.848. The van der Waals surface area contributed by atoms with Crippen LogP contribution in [0.15, 0.2) is 12.1 Å². The Balaban J connectivity index is 0.00000220. The van der Waals surface area contributed by atoms with Gasteiger partial charge in [-0.3, -0.25) is 0 Å². The van der Waals surface area contributed by atoms with Crippen molar-refractivity contribution in [2.75, 3.05) is 6.61 Å². The molecule has 2 atom stereocenters. The third-order valence-corrected chi connectivity index (χ3v) is 4.06. The van der Waals surface area contributed by atoms with Crippen LogP contribution in [-0.2, 0) is 12.8 Å². The first kappa shape index (κ1) is 18.3. The highest BCUT2D eigenvalue weighted by molar-refractivity contribution is 5.85. The number of halogens is 1. The lowest BCUT2D eigenvalue weighted by atomic mass is 10.0. The second-order valence-electron chi connectivity index (χ2n) is 6.18. The molecule has 1 aliphatic rings. The third-order valence-electron chi connectivity index (χ3n) is 4.06. The SMILES string of the molecule is Cc1ccc(OC[C@H](O)[C@@H](C)NC(C)C)c2c1CCC2.Cl. The topological polar surface area (TPSA) is 41.5 Å². The molecular weight excluding hydrogens is 286 g/mol.